The highest BCUT2D eigenvalue weighted by molar-refractivity contribution is 9.10. The lowest BCUT2D eigenvalue weighted by atomic mass is 10.1. The number of benzene rings is 1. The summed E-state index contributed by atoms with van der Waals surface area (Å²) in [5.41, 5.74) is 0.654. The standard InChI is InChI=1S/C14H13BrCl2N4O2/c1-7-6-20(14(22)23)2-3-21(7)12-8-4-9(15)10(16)5-11(8)18-13(17)19-12/h4-5,7H,2-3,6H2,1H3,(H,22,23). The van der Waals surface area contributed by atoms with E-state index >= 15 is 0 Å². The fraction of sp³-hybridized carbons (Fsp3) is 0.357. The first-order valence-electron chi connectivity index (χ1n) is 6.93. The molecule has 0 spiro atoms. The van der Waals surface area contributed by atoms with Crippen molar-refractivity contribution in [2.24, 2.45) is 0 Å². The summed E-state index contributed by atoms with van der Waals surface area (Å²) < 4.78 is 0.746. The molecule has 0 radical (unpaired) electrons. The van der Waals surface area contributed by atoms with E-state index in [1.807, 2.05) is 13.0 Å². The summed E-state index contributed by atoms with van der Waals surface area (Å²) in [5.74, 6) is 0.690. The molecule has 2 heterocycles. The summed E-state index contributed by atoms with van der Waals surface area (Å²) in [7, 11) is 0. The van der Waals surface area contributed by atoms with E-state index in [-0.39, 0.29) is 11.3 Å². The SMILES string of the molecule is CC1CN(C(=O)O)CCN1c1nc(Cl)nc2cc(Cl)c(Br)cc12. The van der Waals surface area contributed by atoms with Crippen LogP contribution in [0.4, 0.5) is 10.6 Å². The summed E-state index contributed by atoms with van der Waals surface area (Å²) >= 11 is 15.6. The number of carbonyl (C=O) groups is 1. The predicted molar refractivity (Wildman–Crippen MR) is 93.7 cm³/mol. The van der Waals surface area contributed by atoms with E-state index in [0.29, 0.717) is 36.0 Å². The minimum absolute atomic E-state index is 0.0246. The molecule has 1 fully saturated rings. The summed E-state index contributed by atoms with van der Waals surface area (Å²) in [5, 5.41) is 10.6. The lowest BCUT2D eigenvalue weighted by Crippen LogP contribution is -2.53. The third-order valence-electron chi connectivity index (χ3n) is 3.86. The van der Waals surface area contributed by atoms with Crippen LogP contribution in [0.25, 0.3) is 10.9 Å². The number of rotatable bonds is 1. The predicted octanol–water partition coefficient (Wildman–Crippen LogP) is 3.89. The van der Waals surface area contributed by atoms with Crippen LogP contribution in [0.3, 0.4) is 0 Å². The van der Waals surface area contributed by atoms with E-state index in [9.17, 15) is 4.79 Å². The first kappa shape index (κ1) is 16.5. The zero-order chi connectivity index (χ0) is 16.7. The molecule has 1 saturated heterocycles. The van der Waals surface area contributed by atoms with Gasteiger partial charge in [-0.1, -0.05) is 11.6 Å². The highest BCUT2D eigenvalue weighted by atomic mass is 79.9. The largest absolute Gasteiger partial charge is 0.465 e. The van der Waals surface area contributed by atoms with E-state index in [0.717, 1.165) is 9.86 Å². The molecule has 0 bridgehead atoms. The number of amides is 1. The molecule has 9 heteroatoms. The molecule has 1 aliphatic rings. The van der Waals surface area contributed by atoms with Crippen molar-refractivity contribution in [2.45, 2.75) is 13.0 Å². The Bertz CT molecular complexity index is 789. The number of hydrogen-bond acceptors (Lipinski definition) is 4. The number of hydrogen-bond donors (Lipinski definition) is 1. The Morgan fingerprint density at radius 3 is 2.74 bits per heavy atom. The molecule has 1 atom stereocenters. The van der Waals surface area contributed by atoms with E-state index in [2.05, 4.69) is 30.8 Å². The number of fused-ring (bicyclic) bond motifs is 1. The van der Waals surface area contributed by atoms with Crippen molar-refractivity contribution in [3.8, 4) is 0 Å². The van der Waals surface area contributed by atoms with Gasteiger partial charge in [-0.15, -0.1) is 0 Å². The average molecular weight is 420 g/mol. The maximum Gasteiger partial charge on any atom is 0.407 e. The number of piperazine rings is 1. The van der Waals surface area contributed by atoms with Gasteiger partial charge in [0.1, 0.15) is 5.82 Å². The molecule has 0 saturated carbocycles. The van der Waals surface area contributed by atoms with Crippen molar-refractivity contribution in [3.05, 3.63) is 26.9 Å². The molecule has 3 rings (SSSR count). The Labute approximate surface area is 151 Å². The van der Waals surface area contributed by atoms with Crippen molar-refractivity contribution in [1.29, 1.82) is 0 Å². The van der Waals surface area contributed by atoms with Gasteiger partial charge in [0, 0.05) is 35.5 Å². The van der Waals surface area contributed by atoms with E-state index in [1.54, 1.807) is 6.07 Å². The summed E-state index contributed by atoms with van der Waals surface area (Å²) in [6.45, 7) is 3.32. The molecule has 2 aromatic rings. The first-order chi connectivity index (χ1) is 10.9. The zero-order valence-electron chi connectivity index (χ0n) is 12.1. The Morgan fingerprint density at radius 1 is 1.35 bits per heavy atom. The average Bonchev–Trinajstić information content (AvgIpc) is 2.48. The van der Waals surface area contributed by atoms with Gasteiger partial charge in [-0.3, -0.25) is 0 Å². The molecule has 1 aromatic heterocycles. The molecular weight excluding hydrogens is 407 g/mol. The maximum absolute atomic E-state index is 11.1. The normalized spacial score (nSPS) is 18.5. The fourth-order valence-corrected chi connectivity index (χ4v) is 3.42. The molecule has 6 nitrogen and oxygen atoms in total. The molecule has 1 aromatic carbocycles. The highest BCUT2D eigenvalue weighted by Crippen LogP contribution is 2.34. The van der Waals surface area contributed by atoms with Gasteiger partial charge in [-0.25, -0.2) is 9.78 Å². The number of aromatic nitrogens is 2. The quantitative estimate of drug-likeness (QED) is 0.710. The first-order valence-corrected chi connectivity index (χ1v) is 8.48. The van der Waals surface area contributed by atoms with Crippen LogP contribution in [0.1, 0.15) is 6.92 Å². The minimum Gasteiger partial charge on any atom is -0.465 e. The smallest absolute Gasteiger partial charge is 0.407 e. The molecule has 23 heavy (non-hydrogen) atoms. The third-order valence-corrected chi connectivity index (χ3v) is 5.23. The zero-order valence-corrected chi connectivity index (χ0v) is 15.2. The van der Waals surface area contributed by atoms with Crippen molar-refractivity contribution < 1.29 is 9.90 Å². The summed E-state index contributed by atoms with van der Waals surface area (Å²) in [6.07, 6.45) is -0.906. The number of halogens is 3. The fourth-order valence-electron chi connectivity index (χ4n) is 2.74. The van der Waals surface area contributed by atoms with Crippen LogP contribution in [0.5, 0.6) is 0 Å². The molecule has 1 amide bonds. The van der Waals surface area contributed by atoms with Crippen LogP contribution in [-0.4, -0.2) is 51.7 Å². The molecule has 0 aliphatic carbocycles. The lowest BCUT2D eigenvalue weighted by Gasteiger charge is -2.39. The van der Waals surface area contributed by atoms with Gasteiger partial charge >= 0.3 is 6.09 Å². The van der Waals surface area contributed by atoms with Gasteiger partial charge in [0.2, 0.25) is 5.28 Å². The Balaban J connectivity index is 2.06. The van der Waals surface area contributed by atoms with E-state index < -0.39 is 6.09 Å². The number of anilines is 1. The molecule has 122 valence electrons. The highest BCUT2D eigenvalue weighted by Gasteiger charge is 2.29. The van der Waals surface area contributed by atoms with E-state index in [1.165, 1.54) is 4.90 Å². The Kier molecular flexibility index (Phi) is 4.53. The minimum atomic E-state index is -0.906. The summed E-state index contributed by atoms with van der Waals surface area (Å²) in [6, 6.07) is 3.57. The number of carboxylic acid groups (broad SMARTS) is 1. The third kappa shape index (κ3) is 3.18. The lowest BCUT2D eigenvalue weighted by molar-refractivity contribution is 0.136. The van der Waals surface area contributed by atoms with Crippen LogP contribution in [-0.2, 0) is 0 Å². The molecular formula is C14H13BrCl2N4O2. The second kappa shape index (κ2) is 6.30. The number of nitrogens with zero attached hydrogens (tertiary/aromatic N) is 4. The molecule has 1 N–H and O–H groups in total. The van der Waals surface area contributed by atoms with Crippen LogP contribution in [0, 0.1) is 0 Å². The maximum atomic E-state index is 11.1. The van der Waals surface area contributed by atoms with Gasteiger partial charge in [0.15, 0.2) is 0 Å². The van der Waals surface area contributed by atoms with Gasteiger partial charge in [0.05, 0.1) is 10.5 Å². The summed E-state index contributed by atoms with van der Waals surface area (Å²) in [4.78, 5) is 23.2. The molecule has 1 aliphatic heterocycles. The van der Waals surface area contributed by atoms with Crippen LogP contribution in [0.2, 0.25) is 10.3 Å². The van der Waals surface area contributed by atoms with Crippen molar-refractivity contribution in [1.82, 2.24) is 14.9 Å². The van der Waals surface area contributed by atoms with Crippen molar-refractivity contribution in [3.63, 3.8) is 0 Å². The van der Waals surface area contributed by atoms with Crippen molar-refractivity contribution >= 4 is 61.9 Å². The Hall–Kier alpha value is -1.31. The second-order valence-corrected chi connectivity index (χ2v) is 6.97. The van der Waals surface area contributed by atoms with E-state index in [4.69, 9.17) is 28.3 Å². The second-order valence-electron chi connectivity index (χ2n) is 5.37. The molecule has 1 unspecified atom stereocenters. The van der Waals surface area contributed by atoms with Crippen molar-refractivity contribution in [2.75, 3.05) is 24.5 Å². The van der Waals surface area contributed by atoms with Gasteiger partial charge in [-0.2, -0.15) is 4.98 Å². The van der Waals surface area contributed by atoms with Crippen LogP contribution >= 0.6 is 39.1 Å². The van der Waals surface area contributed by atoms with Gasteiger partial charge in [-0.05, 0) is 46.6 Å². The topological polar surface area (TPSA) is 69.6 Å². The monoisotopic (exact) mass is 418 g/mol. The Morgan fingerprint density at radius 2 is 2.09 bits per heavy atom. The van der Waals surface area contributed by atoms with Gasteiger partial charge < -0.3 is 14.9 Å². The van der Waals surface area contributed by atoms with Crippen LogP contribution < -0.4 is 4.90 Å². The van der Waals surface area contributed by atoms with Gasteiger partial charge in [0.25, 0.3) is 0 Å². The van der Waals surface area contributed by atoms with Crippen LogP contribution in [0.15, 0.2) is 16.6 Å².